The first-order valence-electron chi connectivity index (χ1n) is 11.9. The first kappa shape index (κ1) is 24.0. The van der Waals surface area contributed by atoms with Gasteiger partial charge in [-0.1, -0.05) is 47.5 Å². The second-order valence-electron chi connectivity index (χ2n) is 9.01. The molecule has 0 aliphatic carbocycles. The second-order valence-corrected chi connectivity index (χ2v) is 9.88. The molecule has 0 bridgehead atoms. The van der Waals surface area contributed by atoms with Crippen LogP contribution in [0.15, 0.2) is 72.8 Å². The number of carbonyl (C=O) groups excluding carboxylic acids is 1. The Morgan fingerprint density at radius 2 is 1.40 bits per heavy atom. The third kappa shape index (κ3) is 4.99. The van der Waals surface area contributed by atoms with E-state index < -0.39 is 12.0 Å². The summed E-state index contributed by atoms with van der Waals surface area (Å²) in [5.41, 5.74) is 2.73. The molecular formula is C28H28Cl2N2O3. The van der Waals surface area contributed by atoms with Gasteiger partial charge in [-0.05, 0) is 78.9 Å². The fraction of sp³-hybridized carbons (Fsp3) is 0.321. The number of methoxy groups -OCH3 is 1. The summed E-state index contributed by atoms with van der Waals surface area (Å²) in [5, 5.41) is 3.15. The van der Waals surface area contributed by atoms with Crippen molar-refractivity contribution >= 4 is 34.8 Å². The minimum absolute atomic E-state index is 0.113. The average Bonchev–Trinajstić information content (AvgIpc) is 3.30. The number of ether oxygens (including phenoxy) is 1. The van der Waals surface area contributed by atoms with Crippen LogP contribution in [0.3, 0.4) is 0 Å². The Kier molecular flexibility index (Phi) is 7.19. The van der Waals surface area contributed by atoms with Gasteiger partial charge in [-0.3, -0.25) is 9.63 Å². The predicted molar refractivity (Wildman–Crippen MR) is 139 cm³/mol. The quantitative estimate of drug-likeness (QED) is 0.375. The molecule has 3 atom stereocenters. The van der Waals surface area contributed by atoms with Crippen molar-refractivity contribution in [3.63, 3.8) is 0 Å². The Labute approximate surface area is 216 Å². The molecule has 0 aromatic heterocycles. The molecule has 7 heteroatoms. The first-order chi connectivity index (χ1) is 17.0. The number of carbonyl (C=O) groups is 1. The first-order valence-corrected chi connectivity index (χ1v) is 12.7. The van der Waals surface area contributed by atoms with E-state index in [0.29, 0.717) is 10.0 Å². The Balaban J connectivity index is 1.62. The third-order valence-electron chi connectivity index (χ3n) is 6.84. The molecule has 2 fully saturated rings. The van der Waals surface area contributed by atoms with Gasteiger partial charge >= 0.3 is 0 Å². The lowest BCUT2D eigenvalue weighted by Gasteiger charge is -2.33. The molecule has 2 aliphatic rings. The van der Waals surface area contributed by atoms with Crippen molar-refractivity contribution in [2.45, 2.75) is 31.4 Å². The van der Waals surface area contributed by atoms with Crippen molar-refractivity contribution in [2.75, 3.05) is 25.3 Å². The number of amides is 1. The van der Waals surface area contributed by atoms with E-state index in [4.69, 9.17) is 32.8 Å². The molecule has 35 heavy (non-hydrogen) atoms. The summed E-state index contributed by atoms with van der Waals surface area (Å²) in [6.07, 6.45) is 2.74. The minimum Gasteiger partial charge on any atom is -0.497 e. The molecule has 5 rings (SSSR count). The lowest BCUT2D eigenvalue weighted by Crippen LogP contribution is -2.42. The Morgan fingerprint density at radius 3 is 2.00 bits per heavy atom. The van der Waals surface area contributed by atoms with Crippen LogP contribution in [0.1, 0.15) is 42.5 Å². The molecule has 182 valence electrons. The van der Waals surface area contributed by atoms with Crippen LogP contribution in [0.2, 0.25) is 10.0 Å². The number of halogens is 2. The van der Waals surface area contributed by atoms with E-state index >= 15 is 0 Å². The fourth-order valence-corrected chi connectivity index (χ4v) is 5.28. The van der Waals surface area contributed by atoms with Crippen LogP contribution in [-0.2, 0) is 9.63 Å². The molecule has 0 radical (unpaired) electrons. The van der Waals surface area contributed by atoms with E-state index in [-0.39, 0.29) is 11.9 Å². The number of nitrogens with zero attached hydrogens (tertiary/aromatic N) is 2. The number of hydrogen-bond donors (Lipinski definition) is 0. The van der Waals surface area contributed by atoms with Crippen LogP contribution in [0, 0.1) is 5.92 Å². The molecule has 2 aliphatic heterocycles. The second kappa shape index (κ2) is 10.5. The van der Waals surface area contributed by atoms with Crippen molar-refractivity contribution < 1.29 is 14.4 Å². The van der Waals surface area contributed by atoms with Crippen LogP contribution >= 0.6 is 23.2 Å². The maximum atomic E-state index is 14.1. The van der Waals surface area contributed by atoms with Crippen molar-refractivity contribution in [1.82, 2.24) is 4.90 Å². The van der Waals surface area contributed by atoms with Crippen molar-refractivity contribution in [3.8, 4) is 5.75 Å². The average molecular weight is 511 g/mol. The zero-order chi connectivity index (χ0) is 24.4. The van der Waals surface area contributed by atoms with Gasteiger partial charge in [0.05, 0.1) is 24.8 Å². The van der Waals surface area contributed by atoms with E-state index in [1.165, 1.54) is 0 Å². The highest BCUT2D eigenvalue weighted by Gasteiger charge is 2.50. The lowest BCUT2D eigenvalue weighted by atomic mass is 9.84. The number of benzene rings is 3. The zero-order valence-electron chi connectivity index (χ0n) is 19.6. The molecular weight excluding hydrogens is 483 g/mol. The largest absolute Gasteiger partial charge is 0.497 e. The van der Waals surface area contributed by atoms with Gasteiger partial charge in [-0.15, -0.1) is 0 Å². The maximum Gasteiger partial charge on any atom is 0.231 e. The zero-order valence-corrected chi connectivity index (χ0v) is 21.1. The Hall–Kier alpha value is -2.73. The number of hydrogen-bond acceptors (Lipinski definition) is 4. The summed E-state index contributed by atoms with van der Waals surface area (Å²) in [4.78, 5) is 22.8. The highest BCUT2D eigenvalue weighted by molar-refractivity contribution is 6.30. The summed E-state index contributed by atoms with van der Waals surface area (Å²) in [5.74, 6) is 0.430. The summed E-state index contributed by atoms with van der Waals surface area (Å²) in [6, 6.07) is 22.6. The number of hydroxylamine groups is 1. The SMILES string of the molecule is COc1ccc([C@H]2[C@@H](C(=O)N3CCCCC3)[C@H](c3ccc(Cl)cc3)ON2c2ccc(Cl)cc2)cc1. The summed E-state index contributed by atoms with van der Waals surface area (Å²) >= 11 is 12.4. The number of piperidine rings is 1. The van der Waals surface area contributed by atoms with Crippen molar-refractivity contribution in [1.29, 1.82) is 0 Å². The highest BCUT2D eigenvalue weighted by Crippen LogP contribution is 2.50. The molecule has 0 N–H and O–H groups in total. The normalized spacial score (nSPS) is 22.3. The minimum atomic E-state index is -0.468. The molecule has 2 heterocycles. The van der Waals surface area contributed by atoms with Crippen LogP contribution in [-0.4, -0.2) is 31.0 Å². The topological polar surface area (TPSA) is 42.0 Å². The Morgan fingerprint density at radius 1 is 0.829 bits per heavy atom. The Bertz CT molecular complexity index is 1150. The van der Waals surface area contributed by atoms with Crippen LogP contribution in [0.4, 0.5) is 5.69 Å². The van der Waals surface area contributed by atoms with E-state index in [0.717, 1.165) is 54.9 Å². The fourth-order valence-electron chi connectivity index (χ4n) is 5.03. The summed E-state index contributed by atoms with van der Waals surface area (Å²) in [7, 11) is 1.65. The van der Waals surface area contributed by atoms with E-state index in [9.17, 15) is 4.79 Å². The van der Waals surface area contributed by atoms with E-state index in [1.807, 2.05) is 82.8 Å². The van der Waals surface area contributed by atoms with Gasteiger partial charge in [0.1, 0.15) is 11.9 Å². The van der Waals surface area contributed by atoms with Crippen LogP contribution < -0.4 is 9.80 Å². The number of rotatable bonds is 5. The van der Waals surface area contributed by atoms with Gasteiger partial charge in [0.25, 0.3) is 0 Å². The molecule has 5 nitrogen and oxygen atoms in total. The van der Waals surface area contributed by atoms with Gasteiger partial charge in [-0.25, -0.2) is 5.06 Å². The summed E-state index contributed by atoms with van der Waals surface area (Å²) in [6.45, 7) is 1.55. The predicted octanol–water partition coefficient (Wildman–Crippen LogP) is 6.86. The van der Waals surface area contributed by atoms with Gasteiger partial charge in [0.2, 0.25) is 5.91 Å². The van der Waals surface area contributed by atoms with Gasteiger partial charge in [0, 0.05) is 23.1 Å². The number of anilines is 1. The van der Waals surface area contributed by atoms with E-state index in [1.54, 1.807) is 7.11 Å². The van der Waals surface area contributed by atoms with Gasteiger partial charge in [-0.2, -0.15) is 0 Å². The molecule has 1 amide bonds. The molecule has 2 saturated heterocycles. The van der Waals surface area contributed by atoms with Gasteiger partial charge in [0.15, 0.2) is 0 Å². The monoisotopic (exact) mass is 510 g/mol. The molecule has 0 spiro atoms. The van der Waals surface area contributed by atoms with Crippen molar-refractivity contribution in [2.24, 2.45) is 5.92 Å². The van der Waals surface area contributed by atoms with Crippen LogP contribution in [0.25, 0.3) is 0 Å². The van der Waals surface area contributed by atoms with Crippen LogP contribution in [0.5, 0.6) is 5.75 Å². The smallest absolute Gasteiger partial charge is 0.231 e. The lowest BCUT2D eigenvalue weighted by molar-refractivity contribution is -0.138. The van der Waals surface area contributed by atoms with E-state index in [2.05, 4.69) is 0 Å². The third-order valence-corrected chi connectivity index (χ3v) is 7.34. The van der Waals surface area contributed by atoms with Gasteiger partial charge < -0.3 is 9.64 Å². The summed E-state index contributed by atoms with van der Waals surface area (Å²) < 4.78 is 5.38. The number of likely N-dealkylation sites (tertiary alicyclic amines) is 1. The molecule has 3 aromatic rings. The maximum absolute atomic E-state index is 14.1. The molecule has 3 aromatic carbocycles. The van der Waals surface area contributed by atoms with Crippen molar-refractivity contribution in [3.05, 3.63) is 94.0 Å². The molecule has 0 saturated carbocycles. The standard InChI is InChI=1S/C28H28Cl2N2O3/c1-34-24-15-7-19(8-16-24)26-25(28(33)31-17-3-2-4-18-31)27(20-5-9-21(29)10-6-20)35-32(26)23-13-11-22(30)12-14-23/h5-16,25-27H,2-4,17-18H2,1H3/t25-,26+,27+/m1/s1. The molecule has 0 unspecified atom stereocenters. The highest BCUT2D eigenvalue weighted by atomic mass is 35.5.